The van der Waals surface area contributed by atoms with Gasteiger partial charge in [0.05, 0.1) is 0 Å². The van der Waals surface area contributed by atoms with Crippen molar-refractivity contribution in [3.8, 4) is 16.9 Å². The van der Waals surface area contributed by atoms with E-state index in [1.165, 1.54) is 5.56 Å². The first-order valence-corrected chi connectivity index (χ1v) is 6.90. The van der Waals surface area contributed by atoms with Crippen LogP contribution >= 0.6 is 0 Å². The van der Waals surface area contributed by atoms with Crippen molar-refractivity contribution in [2.45, 2.75) is 33.1 Å². The minimum absolute atomic E-state index is 0.0342. The van der Waals surface area contributed by atoms with Crippen molar-refractivity contribution >= 4 is 6.16 Å². The van der Waals surface area contributed by atoms with Gasteiger partial charge in [-0.3, -0.25) is 0 Å². The molecule has 110 valence electrons. The monoisotopic (exact) mass is 284 g/mol. The summed E-state index contributed by atoms with van der Waals surface area (Å²) in [6.45, 7) is 8.41. The van der Waals surface area contributed by atoms with E-state index < -0.39 is 6.16 Å². The lowest BCUT2D eigenvalue weighted by molar-refractivity contribution is 0.144. The van der Waals surface area contributed by atoms with Crippen LogP contribution in [-0.4, -0.2) is 11.3 Å². The Bertz CT molecular complexity index is 666. The van der Waals surface area contributed by atoms with E-state index in [2.05, 4.69) is 32.9 Å². The Labute approximate surface area is 125 Å². The summed E-state index contributed by atoms with van der Waals surface area (Å²) in [5.41, 5.74) is 4.01. The van der Waals surface area contributed by atoms with Crippen molar-refractivity contribution in [2.24, 2.45) is 0 Å². The molecule has 0 aliphatic rings. The SMILES string of the molecule is Cc1cccc(OC(=O)O)c1-c1cccc(C(C)(C)C)c1. The molecule has 0 spiro atoms. The third-order valence-corrected chi connectivity index (χ3v) is 3.45. The standard InChI is InChI=1S/C18H20O3/c1-12-7-5-10-15(21-17(19)20)16(12)13-8-6-9-14(11-13)18(2,3)4/h5-11H,1-4H3,(H,19,20). The van der Waals surface area contributed by atoms with E-state index in [9.17, 15) is 4.79 Å². The smallest absolute Gasteiger partial charge is 0.449 e. The zero-order valence-corrected chi connectivity index (χ0v) is 12.8. The maximum absolute atomic E-state index is 10.9. The van der Waals surface area contributed by atoms with Gasteiger partial charge in [0.2, 0.25) is 0 Å². The molecule has 0 bridgehead atoms. The van der Waals surface area contributed by atoms with Crippen molar-refractivity contribution < 1.29 is 14.6 Å². The maximum Gasteiger partial charge on any atom is 0.511 e. The fraction of sp³-hybridized carbons (Fsp3) is 0.278. The quantitative estimate of drug-likeness (QED) is 0.622. The number of rotatable bonds is 2. The summed E-state index contributed by atoms with van der Waals surface area (Å²) >= 11 is 0. The number of hydrogen-bond donors (Lipinski definition) is 1. The zero-order chi connectivity index (χ0) is 15.6. The molecule has 0 aromatic heterocycles. The van der Waals surface area contributed by atoms with Crippen LogP contribution in [0.15, 0.2) is 42.5 Å². The molecule has 0 aliphatic heterocycles. The molecule has 0 saturated heterocycles. The summed E-state index contributed by atoms with van der Waals surface area (Å²) in [5.74, 6) is 0.369. The molecule has 2 rings (SSSR count). The van der Waals surface area contributed by atoms with E-state index in [-0.39, 0.29) is 5.41 Å². The third-order valence-electron chi connectivity index (χ3n) is 3.45. The van der Waals surface area contributed by atoms with E-state index >= 15 is 0 Å². The van der Waals surface area contributed by atoms with Gasteiger partial charge in [0.15, 0.2) is 0 Å². The van der Waals surface area contributed by atoms with Gasteiger partial charge in [-0.25, -0.2) is 4.79 Å². The van der Waals surface area contributed by atoms with Crippen molar-refractivity contribution in [3.63, 3.8) is 0 Å². The summed E-state index contributed by atoms with van der Waals surface area (Å²) in [5, 5.41) is 8.89. The highest BCUT2D eigenvalue weighted by Gasteiger charge is 2.17. The van der Waals surface area contributed by atoms with Crippen molar-refractivity contribution in [3.05, 3.63) is 53.6 Å². The lowest BCUT2D eigenvalue weighted by Crippen LogP contribution is -2.11. The number of carbonyl (C=O) groups is 1. The first-order chi connectivity index (χ1) is 9.79. The molecule has 0 heterocycles. The summed E-state index contributed by atoms with van der Waals surface area (Å²) in [6, 6.07) is 13.6. The van der Waals surface area contributed by atoms with Gasteiger partial charge < -0.3 is 9.84 Å². The molecule has 21 heavy (non-hydrogen) atoms. The van der Waals surface area contributed by atoms with Crippen LogP contribution in [0.4, 0.5) is 4.79 Å². The predicted octanol–water partition coefficient (Wildman–Crippen LogP) is 5.02. The Morgan fingerprint density at radius 2 is 1.76 bits per heavy atom. The van der Waals surface area contributed by atoms with Crippen molar-refractivity contribution in [1.82, 2.24) is 0 Å². The molecule has 1 N–H and O–H groups in total. The zero-order valence-electron chi connectivity index (χ0n) is 12.8. The summed E-state index contributed by atoms with van der Waals surface area (Å²) in [4.78, 5) is 10.9. The number of ether oxygens (including phenoxy) is 1. The fourth-order valence-electron chi connectivity index (χ4n) is 2.33. The highest BCUT2D eigenvalue weighted by Crippen LogP contribution is 2.35. The molecule has 0 unspecified atom stereocenters. The Hall–Kier alpha value is -2.29. The molecule has 2 aromatic carbocycles. The van der Waals surface area contributed by atoms with Crippen molar-refractivity contribution in [1.29, 1.82) is 0 Å². The normalized spacial score (nSPS) is 11.2. The molecule has 0 aliphatic carbocycles. The lowest BCUT2D eigenvalue weighted by atomic mass is 9.85. The highest BCUT2D eigenvalue weighted by atomic mass is 16.7. The molecule has 2 aromatic rings. The van der Waals surface area contributed by atoms with Crippen LogP contribution in [0.3, 0.4) is 0 Å². The van der Waals surface area contributed by atoms with Crippen molar-refractivity contribution in [2.75, 3.05) is 0 Å². The molecular weight excluding hydrogens is 264 g/mol. The molecule has 3 nitrogen and oxygen atoms in total. The van der Waals surface area contributed by atoms with Crippen LogP contribution in [0.25, 0.3) is 11.1 Å². The molecule has 0 saturated carbocycles. The minimum Gasteiger partial charge on any atom is -0.449 e. The second-order valence-electron chi connectivity index (χ2n) is 6.15. The van der Waals surface area contributed by atoms with E-state index in [0.29, 0.717) is 5.75 Å². The summed E-state index contributed by atoms with van der Waals surface area (Å²) in [6.07, 6.45) is -1.30. The summed E-state index contributed by atoms with van der Waals surface area (Å²) < 4.78 is 4.92. The number of carboxylic acid groups (broad SMARTS) is 1. The lowest BCUT2D eigenvalue weighted by Gasteiger charge is -2.20. The Kier molecular flexibility index (Phi) is 4.03. The number of hydrogen-bond acceptors (Lipinski definition) is 2. The largest absolute Gasteiger partial charge is 0.511 e. The van der Waals surface area contributed by atoms with Crippen LogP contribution in [-0.2, 0) is 5.41 Å². The van der Waals surface area contributed by atoms with Crippen LogP contribution in [0.1, 0.15) is 31.9 Å². The van der Waals surface area contributed by atoms with Crippen LogP contribution in [0, 0.1) is 6.92 Å². The van der Waals surface area contributed by atoms with Gasteiger partial charge in [-0.2, -0.15) is 0 Å². The number of benzene rings is 2. The van der Waals surface area contributed by atoms with E-state index in [1.54, 1.807) is 12.1 Å². The third kappa shape index (κ3) is 3.43. The highest BCUT2D eigenvalue weighted by molar-refractivity contribution is 5.77. The second kappa shape index (κ2) is 5.60. The first-order valence-electron chi connectivity index (χ1n) is 6.90. The van der Waals surface area contributed by atoms with E-state index in [4.69, 9.17) is 9.84 Å². The Morgan fingerprint density at radius 3 is 2.38 bits per heavy atom. The molecular formula is C18H20O3. The van der Waals surface area contributed by atoms with Crippen LogP contribution < -0.4 is 4.74 Å². The summed E-state index contributed by atoms with van der Waals surface area (Å²) in [7, 11) is 0. The molecule has 0 fully saturated rings. The fourth-order valence-corrected chi connectivity index (χ4v) is 2.33. The topological polar surface area (TPSA) is 46.5 Å². The molecule has 0 amide bonds. The van der Waals surface area contributed by atoms with Gasteiger partial charge in [0, 0.05) is 5.56 Å². The predicted molar refractivity (Wildman–Crippen MR) is 84.0 cm³/mol. The molecule has 0 atom stereocenters. The van der Waals surface area contributed by atoms with Gasteiger partial charge in [-0.1, -0.05) is 57.2 Å². The maximum atomic E-state index is 10.9. The Morgan fingerprint density at radius 1 is 1.10 bits per heavy atom. The second-order valence-corrected chi connectivity index (χ2v) is 6.15. The first kappa shape index (κ1) is 15.1. The Balaban J connectivity index is 2.59. The van der Waals surface area contributed by atoms with E-state index in [1.807, 2.05) is 25.1 Å². The van der Waals surface area contributed by atoms with E-state index in [0.717, 1.165) is 16.7 Å². The van der Waals surface area contributed by atoms with Crippen LogP contribution in [0.2, 0.25) is 0 Å². The van der Waals surface area contributed by atoms with Crippen LogP contribution in [0.5, 0.6) is 5.75 Å². The number of aryl methyl sites for hydroxylation is 1. The van der Waals surface area contributed by atoms with Gasteiger partial charge in [0.1, 0.15) is 5.75 Å². The minimum atomic E-state index is -1.30. The van der Waals surface area contributed by atoms with Gasteiger partial charge in [-0.05, 0) is 35.1 Å². The van der Waals surface area contributed by atoms with Gasteiger partial charge in [0.25, 0.3) is 0 Å². The van der Waals surface area contributed by atoms with Gasteiger partial charge in [-0.15, -0.1) is 0 Å². The average molecular weight is 284 g/mol. The molecule has 3 heteroatoms. The average Bonchev–Trinajstić information content (AvgIpc) is 2.37. The van der Waals surface area contributed by atoms with Gasteiger partial charge >= 0.3 is 6.16 Å². The molecule has 0 radical (unpaired) electrons.